The number of halogens is 1. The predicted molar refractivity (Wildman–Crippen MR) is 85.2 cm³/mol. The monoisotopic (exact) mass is 408 g/mol. The van der Waals surface area contributed by atoms with Gasteiger partial charge in [-0.2, -0.15) is 5.10 Å². The SMILES string of the molecule is [O-][n+]1nc2c(I)cnn2c2cc(OCc3ccco3)ccc21. The first-order chi connectivity index (χ1) is 10.7. The lowest BCUT2D eigenvalue weighted by atomic mass is 10.3. The van der Waals surface area contributed by atoms with Crippen LogP contribution >= 0.6 is 22.6 Å². The molecule has 0 atom stereocenters. The van der Waals surface area contributed by atoms with Gasteiger partial charge in [0.25, 0.3) is 5.52 Å². The topological polar surface area (TPSA) is 79.5 Å². The summed E-state index contributed by atoms with van der Waals surface area (Å²) in [6.45, 7) is 0.320. The summed E-state index contributed by atoms with van der Waals surface area (Å²) in [5.41, 5.74) is 1.59. The summed E-state index contributed by atoms with van der Waals surface area (Å²) in [7, 11) is 0. The van der Waals surface area contributed by atoms with Crippen molar-refractivity contribution in [1.82, 2.24) is 14.7 Å². The van der Waals surface area contributed by atoms with E-state index in [2.05, 4.69) is 32.8 Å². The average molecular weight is 408 g/mol. The Balaban J connectivity index is 1.80. The van der Waals surface area contributed by atoms with Crippen LogP contribution in [0.3, 0.4) is 0 Å². The molecule has 0 unspecified atom stereocenters. The molecule has 0 spiro atoms. The van der Waals surface area contributed by atoms with E-state index in [-0.39, 0.29) is 0 Å². The van der Waals surface area contributed by atoms with E-state index in [1.54, 1.807) is 41.2 Å². The van der Waals surface area contributed by atoms with Crippen LogP contribution in [0.1, 0.15) is 5.76 Å². The fourth-order valence-electron chi connectivity index (χ4n) is 2.20. The molecule has 3 aromatic heterocycles. The summed E-state index contributed by atoms with van der Waals surface area (Å²) in [6.07, 6.45) is 3.26. The molecule has 0 saturated heterocycles. The first-order valence-corrected chi connectivity index (χ1v) is 7.52. The standard InChI is InChI=1S/C14H9IN4O3/c15-11-7-16-18-13-6-9(22-8-10-2-1-5-21-10)3-4-12(13)19(20)17-14(11)18/h1-7H,8H2. The molecule has 0 N–H and O–H groups in total. The number of hydrogen-bond donors (Lipinski definition) is 0. The van der Waals surface area contributed by atoms with Crippen molar-refractivity contribution in [2.75, 3.05) is 0 Å². The van der Waals surface area contributed by atoms with E-state index in [1.165, 1.54) is 0 Å². The summed E-state index contributed by atoms with van der Waals surface area (Å²) in [5.74, 6) is 1.36. The van der Waals surface area contributed by atoms with Crippen LogP contribution in [0.15, 0.2) is 47.2 Å². The van der Waals surface area contributed by atoms with Crippen molar-refractivity contribution in [3.63, 3.8) is 0 Å². The molecule has 8 heteroatoms. The third kappa shape index (κ3) is 2.15. The van der Waals surface area contributed by atoms with Crippen LogP contribution in [-0.4, -0.2) is 14.7 Å². The van der Waals surface area contributed by atoms with Crippen LogP contribution in [0, 0.1) is 8.78 Å². The highest BCUT2D eigenvalue weighted by Crippen LogP contribution is 2.21. The highest BCUT2D eigenvalue weighted by molar-refractivity contribution is 14.1. The van der Waals surface area contributed by atoms with Gasteiger partial charge in [-0.15, -0.1) is 0 Å². The Kier molecular flexibility index (Phi) is 3.10. The Hall–Kier alpha value is -2.36. The van der Waals surface area contributed by atoms with Crippen LogP contribution in [0.25, 0.3) is 16.7 Å². The predicted octanol–water partition coefficient (Wildman–Crippen LogP) is 2.29. The maximum atomic E-state index is 12.0. The number of nitrogens with zero attached hydrogens (tertiary/aromatic N) is 4. The van der Waals surface area contributed by atoms with Gasteiger partial charge in [-0.1, -0.05) is 0 Å². The first-order valence-electron chi connectivity index (χ1n) is 6.44. The van der Waals surface area contributed by atoms with E-state index in [0.29, 0.717) is 33.9 Å². The lowest BCUT2D eigenvalue weighted by molar-refractivity contribution is -0.640. The number of hydrogen-bond acceptors (Lipinski definition) is 5. The minimum absolute atomic E-state index is 0.320. The highest BCUT2D eigenvalue weighted by atomic mass is 127. The first kappa shape index (κ1) is 13.3. The Morgan fingerprint density at radius 2 is 2.27 bits per heavy atom. The van der Waals surface area contributed by atoms with Crippen molar-refractivity contribution in [1.29, 1.82) is 0 Å². The molecule has 0 saturated carbocycles. The van der Waals surface area contributed by atoms with Gasteiger partial charge >= 0.3 is 0 Å². The molecule has 4 aromatic rings. The Labute approximate surface area is 137 Å². The molecule has 0 aliphatic rings. The normalized spacial score (nSPS) is 11.3. The third-order valence-corrected chi connectivity index (χ3v) is 3.99. The molecule has 0 bridgehead atoms. The van der Waals surface area contributed by atoms with E-state index < -0.39 is 0 Å². The maximum Gasteiger partial charge on any atom is 0.270 e. The summed E-state index contributed by atoms with van der Waals surface area (Å²) in [6, 6.07) is 8.80. The smallest absolute Gasteiger partial charge is 0.270 e. The molecular formula is C14H9IN4O3. The molecule has 22 heavy (non-hydrogen) atoms. The van der Waals surface area contributed by atoms with Crippen LogP contribution in [0.5, 0.6) is 5.75 Å². The molecule has 0 aliphatic carbocycles. The number of ether oxygens (including phenoxy) is 1. The molecule has 1 aromatic carbocycles. The number of benzene rings is 1. The summed E-state index contributed by atoms with van der Waals surface area (Å²) < 4.78 is 13.4. The van der Waals surface area contributed by atoms with Gasteiger partial charge in [0.15, 0.2) is 0 Å². The minimum Gasteiger partial charge on any atom is -0.594 e. The second-order valence-electron chi connectivity index (χ2n) is 4.62. The van der Waals surface area contributed by atoms with Crippen LogP contribution in [-0.2, 0) is 6.61 Å². The average Bonchev–Trinajstić information content (AvgIpc) is 3.16. The van der Waals surface area contributed by atoms with Crippen molar-refractivity contribution in [3.05, 3.63) is 57.3 Å². The Morgan fingerprint density at radius 3 is 3.09 bits per heavy atom. The van der Waals surface area contributed by atoms with Crippen LogP contribution in [0.4, 0.5) is 0 Å². The molecule has 0 fully saturated rings. The fourth-order valence-corrected chi connectivity index (χ4v) is 2.66. The maximum absolute atomic E-state index is 12.0. The summed E-state index contributed by atoms with van der Waals surface area (Å²) in [5, 5.41) is 20.2. The van der Waals surface area contributed by atoms with Gasteiger partial charge in [0, 0.05) is 17.2 Å². The highest BCUT2D eigenvalue weighted by Gasteiger charge is 2.15. The number of furan rings is 1. The van der Waals surface area contributed by atoms with Crippen molar-refractivity contribution in [2.45, 2.75) is 6.61 Å². The van der Waals surface area contributed by atoms with Crippen molar-refractivity contribution < 1.29 is 14.0 Å². The van der Waals surface area contributed by atoms with E-state index >= 15 is 0 Å². The number of fused-ring (bicyclic) bond motifs is 3. The van der Waals surface area contributed by atoms with Gasteiger partial charge < -0.3 is 14.4 Å². The third-order valence-electron chi connectivity index (χ3n) is 3.23. The van der Waals surface area contributed by atoms with Gasteiger partial charge in [-0.25, -0.2) is 4.52 Å². The second kappa shape index (κ2) is 5.13. The van der Waals surface area contributed by atoms with E-state index in [1.807, 2.05) is 6.07 Å². The molecule has 0 aliphatic heterocycles. The molecule has 4 rings (SSSR count). The van der Waals surface area contributed by atoms with Gasteiger partial charge in [0.1, 0.15) is 23.6 Å². The Morgan fingerprint density at radius 1 is 1.36 bits per heavy atom. The summed E-state index contributed by atoms with van der Waals surface area (Å²) in [4.78, 5) is 0.602. The van der Waals surface area contributed by atoms with Crippen molar-refractivity contribution in [3.8, 4) is 5.75 Å². The molecular weight excluding hydrogens is 399 g/mol. The van der Waals surface area contributed by atoms with Crippen molar-refractivity contribution >= 4 is 39.3 Å². The van der Waals surface area contributed by atoms with Crippen LogP contribution in [0.2, 0.25) is 0 Å². The second-order valence-corrected chi connectivity index (χ2v) is 5.78. The van der Waals surface area contributed by atoms with Gasteiger partial charge in [0.2, 0.25) is 5.65 Å². The number of aromatic nitrogens is 4. The van der Waals surface area contributed by atoms with E-state index in [9.17, 15) is 5.21 Å². The quantitative estimate of drug-likeness (QED) is 0.295. The van der Waals surface area contributed by atoms with Crippen molar-refractivity contribution in [2.24, 2.45) is 0 Å². The van der Waals surface area contributed by atoms with Gasteiger partial charge in [0.05, 0.1) is 16.0 Å². The summed E-state index contributed by atoms with van der Waals surface area (Å²) >= 11 is 2.09. The zero-order chi connectivity index (χ0) is 15.1. The molecule has 0 amide bonds. The minimum atomic E-state index is 0.320. The zero-order valence-electron chi connectivity index (χ0n) is 11.1. The lowest BCUT2D eigenvalue weighted by Gasteiger charge is -2.06. The molecule has 0 radical (unpaired) electrons. The van der Waals surface area contributed by atoms with Gasteiger partial charge in [-0.3, -0.25) is 0 Å². The molecule has 110 valence electrons. The molecule has 3 heterocycles. The Bertz CT molecular complexity index is 965. The van der Waals surface area contributed by atoms with Gasteiger partial charge in [-0.05, 0) is 45.6 Å². The van der Waals surface area contributed by atoms with E-state index in [4.69, 9.17) is 9.15 Å². The number of rotatable bonds is 3. The largest absolute Gasteiger partial charge is 0.594 e. The fraction of sp³-hybridized carbons (Fsp3) is 0.0714. The van der Waals surface area contributed by atoms with Crippen LogP contribution < -0.4 is 9.58 Å². The molecule has 7 nitrogen and oxygen atoms in total. The lowest BCUT2D eigenvalue weighted by Crippen LogP contribution is -2.33. The van der Waals surface area contributed by atoms with E-state index in [0.717, 1.165) is 9.33 Å². The zero-order valence-corrected chi connectivity index (χ0v) is 13.3.